The second-order valence-corrected chi connectivity index (χ2v) is 6.27. The molecule has 0 saturated heterocycles. The molecule has 1 N–H and O–H groups in total. The van der Waals surface area contributed by atoms with Gasteiger partial charge in [0.2, 0.25) is 5.28 Å². The molecule has 3 aromatic rings. The number of aromatic nitrogens is 6. The van der Waals surface area contributed by atoms with Gasteiger partial charge in [-0.25, -0.2) is 4.98 Å². The normalized spacial score (nSPS) is 14.0. The van der Waals surface area contributed by atoms with E-state index in [1.54, 1.807) is 11.8 Å². The van der Waals surface area contributed by atoms with Crippen LogP contribution in [0.4, 0.5) is 5.82 Å². The van der Waals surface area contributed by atoms with Crippen molar-refractivity contribution in [2.24, 2.45) is 0 Å². The third-order valence-electron chi connectivity index (χ3n) is 4.10. The lowest BCUT2D eigenvalue weighted by Crippen LogP contribution is -2.11. The molecule has 0 radical (unpaired) electrons. The first-order valence-electron chi connectivity index (χ1n) is 8.29. The third-order valence-corrected chi connectivity index (χ3v) is 4.27. The molecule has 10 heteroatoms. The van der Waals surface area contributed by atoms with Gasteiger partial charge in [0.15, 0.2) is 0 Å². The summed E-state index contributed by atoms with van der Waals surface area (Å²) in [6.45, 7) is 0.740. The van der Waals surface area contributed by atoms with Crippen molar-refractivity contribution in [2.75, 3.05) is 32.7 Å². The molecule has 1 fully saturated rings. The van der Waals surface area contributed by atoms with Crippen LogP contribution in [0.5, 0.6) is 6.01 Å². The van der Waals surface area contributed by atoms with Gasteiger partial charge in [-0.3, -0.25) is 0 Å². The van der Waals surface area contributed by atoms with Gasteiger partial charge in [0.25, 0.3) is 5.95 Å². The molecule has 0 spiro atoms. The Morgan fingerprint density at radius 3 is 2.85 bits per heavy atom. The molecule has 4 rings (SSSR count). The number of hydrogen-bond donors (Lipinski definition) is 1. The van der Waals surface area contributed by atoms with E-state index in [9.17, 15) is 0 Å². The summed E-state index contributed by atoms with van der Waals surface area (Å²) in [7, 11) is 3.41. The number of halogens is 1. The molecule has 0 aromatic carbocycles. The van der Waals surface area contributed by atoms with Crippen molar-refractivity contribution in [3.63, 3.8) is 0 Å². The van der Waals surface area contributed by atoms with E-state index in [4.69, 9.17) is 26.2 Å². The fraction of sp³-hybridized carbons (Fsp3) is 0.438. The standard InChI is InChI=1S/C16H18ClN7O2/c1-18-12-7-11-10(8-19-12)13(9-3-4-9)23-24(11)15-20-14(17)21-16(22-15)26-6-5-25-2/h7-9H,3-6H2,1-2H3,(H,18,19). The first-order valence-corrected chi connectivity index (χ1v) is 8.67. The van der Waals surface area contributed by atoms with Crippen molar-refractivity contribution in [3.8, 4) is 12.0 Å². The van der Waals surface area contributed by atoms with Gasteiger partial charge in [-0.2, -0.15) is 24.7 Å². The van der Waals surface area contributed by atoms with Crippen molar-refractivity contribution in [2.45, 2.75) is 18.8 Å². The molecule has 1 aliphatic carbocycles. The quantitative estimate of drug-likeness (QED) is 0.627. The highest BCUT2D eigenvalue weighted by molar-refractivity contribution is 6.28. The van der Waals surface area contributed by atoms with Gasteiger partial charge in [0.05, 0.1) is 17.8 Å². The first kappa shape index (κ1) is 16.9. The Bertz CT molecular complexity index is 942. The summed E-state index contributed by atoms with van der Waals surface area (Å²) in [5.74, 6) is 1.50. The Morgan fingerprint density at radius 1 is 1.27 bits per heavy atom. The van der Waals surface area contributed by atoms with E-state index in [0.717, 1.165) is 35.3 Å². The topological polar surface area (TPSA) is 99.9 Å². The maximum Gasteiger partial charge on any atom is 0.322 e. The number of anilines is 1. The molecule has 0 atom stereocenters. The highest BCUT2D eigenvalue weighted by Gasteiger charge is 2.30. The Kier molecular flexibility index (Phi) is 4.56. The Morgan fingerprint density at radius 2 is 2.12 bits per heavy atom. The molecule has 3 heterocycles. The Hall–Kier alpha value is -2.52. The molecule has 0 aliphatic heterocycles. The molecular weight excluding hydrogens is 358 g/mol. The second kappa shape index (κ2) is 7.00. The van der Waals surface area contributed by atoms with E-state index >= 15 is 0 Å². The Labute approximate surface area is 154 Å². The van der Waals surface area contributed by atoms with Crippen LogP contribution in [0.3, 0.4) is 0 Å². The highest BCUT2D eigenvalue weighted by atomic mass is 35.5. The van der Waals surface area contributed by atoms with Crippen LogP contribution < -0.4 is 10.1 Å². The minimum atomic E-state index is 0.0435. The lowest BCUT2D eigenvalue weighted by Gasteiger charge is -2.07. The summed E-state index contributed by atoms with van der Waals surface area (Å²) in [6.07, 6.45) is 4.09. The summed E-state index contributed by atoms with van der Waals surface area (Å²) in [5, 5.41) is 8.81. The van der Waals surface area contributed by atoms with Crippen LogP contribution in [-0.2, 0) is 4.74 Å². The zero-order valence-corrected chi connectivity index (χ0v) is 15.2. The lowest BCUT2D eigenvalue weighted by atomic mass is 10.2. The van der Waals surface area contributed by atoms with E-state index < -0.39 is 0 Å². The summed E-state index contributed by atoms with van der Waals surface area (Å²) >= 11 is 6.06. The number of pyridine rings is 1. The number of ether oxygens (including phenoxy) is 2. The molecule has 0 amide bonds. The monoisotopic (exact) mass is 375 g/mol. The minimum absolute atomic E-state index is 0.0435. The van der Waals surface area contributed by atoms with Crippen LogP contribution in [0.25, 0.3) is 16.9 Å². The van der Waals surface area contributed by atoms with Gasteiger partial charge in [0.1, 0.15) is 12.4 Å². The molecule has 136 valence electrons. The van der Waals surface area contributed by atoms with Gasteiger partial charge in [0, 0.05) is 37.7 Å². The van der Waals surface area contributed by atoms with E-state index in [-0.39, 0.29) is 11.3 Å². The molecule has 0 unspecified atom stereocenters. The Balaban J connectivity index is 1.80. The molecule has 1 aliphatic rings. The zero-order valence-electron chi connectivity index (χ0n) is 14.4. The van der Waals surface area contributed by atoms with Crippen LogP contribution in [0, 0.1) is 0 Å². The summed E-state index contributed by atoms with van der Waals surface area (Å²) in [5.41, 5.74) is 1.87. The number of methoxy groups -OCH3 is 1. The number of nitrogens with zero attached hydrogens (tertiary/aromatic N) is 6. The molecule has 1 saturated carbocycles. The number of hydrogen-bond acceptors (Lipinski definition) is 8. The highest BCUT2D eigenvalue weighted by Crippen LogP contribution is 2.42. The van der Waals surface area contributed by atoms with Gasteiger partial charge in [-0.15, -0.1) is 0 Å². The summed E-state index contributed by atoms with van der Waals surface area (Å²) in [4.78, 5) is 17.0. The average molecular weight is 376 g/mol. The fourth-order valence-corrected chi connectivity index (χ4v) is 2.83. The van der Waals surface area contributed by atoms with Gasteiger partial charge < -0.3 is 14.8 Å². The van der Waals surface area contributed by atoms with Crippen molar-refractivity contribution in [1.29, 1.82) is 0 Å². The van der Waals surface area contributed by atoms with Crippen LogP contribution in [0.2, 0.25) is 5.28 Å². The summed E-state index contributed by atoms with van der Waals surface area (Å²) in [6, 6.07) is 2.05. The minimum Gasteiger partial charge on any atom is -0.461 e. The van der Waals surface area contributed by atoms with Crippen molar-refractivity contribution in [3.05, 3.63) is 23.2 Å². The van der Waals surface area contributed by atoms with Crippen LogP contribution >= 0.6 is 11.6 Å². The first-order chi connectivity index (χ1) is 12.7. The number of rotatable bonds is 7. The van der Waals surface area contributed by atoms with Crippen molar-refractivity contribution >= 4 is 28.3 Å². The van der Waals surface area contributed by atoms with E-state index in [1.807, 2.05) is 19.3 Å². The third kappa shape index (κ3) is 3.27. The van der Waals surface area contributed by atoms with Crippen molar-refractivity contribution < 1.29 is 9.47 Å². The lowest BCUT2D eigenvalue weighted by molar-refractivity contribution is 0.140. The van der Waals surface area contributed by atoms with E-state index in [0.29, 0.717) is 25.1 Å². The summed E-state index contributed by atoms with van der Waals surface area (Å²) < 4.78 is 12.1. The van der Waals surface area contributed by atoms with Gasteiger partial charge in [-0.1, -0.05) is 0 Å². The number of nitrogens with one attached hydrogen (secondary N) is 1. The average Bonchev–Trinajstić information content (AvgIpc) is 3.41. The van der Waals surface area contributed by atoms with Crippen LogP contribution in [0.1, 0.15) is 24.5 Å². The predicted molar refractivity (Wildman–Crippen MR) is 96.2 cm³/mol. The molecule has 3 aromatic heterocycles. The fourth-order valence-electron chi connectivity index (χ4n) is 2.68. The maximum atomic E-state index is 6.06. The SMILES string of the molecule is CNc1cc2c(cn1)c(C1CC1)nn2-c1nc(Cl)nc(OCCOC)n1. The smallest absolute Gasteiger partial charge is 0.322 e. The maximum absolute atomic E-state index is 6.06. The van der Waals surface area contributed by atoms with Crippen LogP contribution in [-0.4, -0.2) is 57.1 Å². The zero-order chi connectivity index (χ0) is 18.1. The molecule has 9 nitrogen and oxygen atoms in total. The van der Waals surface area contributed by atoms with E-state index in [1.165, 1.54) is 0 Å². The van der Waals surface area contributed by atoms with Crippen molar-refractivity contribution in [1.82, 2.24) is 29.7 Å². The molecule has 0 bridgehead atoms. The van der Waals surface area contributed by atoms with E-state index in [2.05, 4.69) is 25.3 Å². The molecular formula is C16H18ClN7O2. The van der Waals surface area contributed by atoms with Gasteiger partial charge >= 0.3 is 6.01 Å². The van der Waals surface area contributed by atoms with Crippen LogP contribution in [0.15, 0.2) is 12.3 Å². The largest absolute Gasteiger partial charge is 0.461 e. The van der Waals surface area contributed by atoms with Gasteiger partial charge in [-0.05, 0) is 24.4 Å². The molecule has 26 heavy (non-hydrogen) atoms. The predicted octanol–water partition coefficient (Wildman–Crippen LogP) is 2.20. The second-order valence-electron chi connectivity index (χ2n) is 5.94. The number of fused-ring (bicyclic) bond motifs is 1.